The lowest BCUT2D eigenvalue weighted by Gasteiger charge is -2.26. The Balaban J connectivity index is 1.36. The fraction of sp³-hybridized carbons (Fsp3) is 0.381. The van der Waals surface area contributed by atoms with Crippen molar-refractivity contribution < 1.29 is 17.9 Å². The van der Waals surface area contributed by atoms with Crippen molar-refractivity contribution in [2.24, 2.45) is 5.92 Å². The second-order valence-electron chi connectivity index (χ2n) is 7.54. The Morgan fingerprint density at radius 1 is 1.10 bits per heavy atom. The number of benzene rings is 2. The van der Waals surface area contributed by atoms with Crippen LogP contribution in [-0.2, 0) is 26.1 Å². The zero-order valence-electron chi connectivity index (χ0n) is 16.9. The third kappa shape index (κ3) is 5.08. The smallest absolute Gasteiger partial charge is 0.243 e. The first-order valence-corrected chi connectivity index (χ1v) is 12.0. The standard InChI is InChI=1S/C21H25ClN4O4S/c22-17-5-3-16(4-6-17)20-19(14-24-25-20)21(27)23-13-15-1-7-18(8-2-15)31(28,29)26-9-11-30-12-10-26/h1-8,19-20,24-25H,9-14H2,(H,23,27). The van der Waals surface area contributed by atoms with Crippen molar-refractivity contribution in [3.8, 4) is 0 Å². The van der Waals surface area contributed by atoms with Gasteiger partial charge in [0.1, 0.15) is 0 Å². The molecule has 0 radical (unpaired) electrons. The fourth-order valence-corrected chi connectivity index (χ4v) is 5.30. The summed E-state index contributed by atoms with van der Waals surface area (Å²) in [6, 6.07) is 13.9. The summed E-state index contributed by atoms with van der Waals surface area (Å²) in [7, 11) is -3.52. The molecule has 2 fully saturated rings. The van der Waals surface area contributed by atoms with Gasteiger partial charge in [0.2, 0.25) is 15.9 Å². The molecule has 2 aliphatic heterocycles. The van der Waals surface area contributed by atoms with Gasteiger partial charge in [-0.05, 0) is 35.4 Å². The average Bonchev–Trinajstić information content (AvgIpc) is 3.29. The first kappa shape index (κ1) is 22.2. The molecule has 166 valence electrons. The molecule has 2 heterocycles. The van der Waals surface area contributed by atoms with Gasteiger partial charge in [0.15, 0.2) is 0 Å². The topological polar surface area (TPSA) is 99.8 Å². The van der Waals surface area contributed by atoms with Crippen molar-refractivity contribution in [3.63, 3.8) is 0 Å². The van der Waals surface area contributed by atoms with Gasteiger partial charge in [0.25, 0.3) is 0 Å². The highest BCUT2D eigenvalue weighted by molar-refractivity contribution is 7.89. The van der Waals surface area contributed by atoms with Gasteiger partial charge in [-0.15, -0.1) is 0 Å². The van der Waals surface area contributed by atoms with Crippen molar-refractivity contribution in [3.05, 3.63) is 64.7 Å². The number of carbonyl (C=O) groups is 1. The van der Waals surface area contributed by atoms with E-state index < -0.39 is 10.0 Å². The Kier molecular flexibility index (Phi) is 6.90. The van der Waals surface area contributed by atoms with E-state index in [1.54, 1.807) is 36.4 Å². The van der Waals surface area contributed by atoms with E-state index in [9.17, 15) is 13.2 Å². The predicted molar refractivity (Wildman–Crippen MR) is 117 cm³/mol. The van der Waals surface area contributed by atoms with Gasteiger partial charge < -0.3 is 10.1 Å². The lowest BCUT2D eigenvalue weighted by atomic mass is 9.94. The third-order valence-corrected chi connectivity index (χ3v) is 7.71. The van der Waals surface area contributed by atoms with Crippen molar-refractivity contribution in [2.45, 2.75) is 17.5 Å². The number of rotatable bonds is 6. The second-order valence-corrected chi connectivity index (χ2v) is 9.91. The largest absolute Gasteiger partial charge is 0.379 e. The minimum absolute atomic E-state index is 0.0811. The van der Waals surface area contributed by atoms with Crippen LogP contribution >= 0.6 is 11.6 Å². The quantitative estimate of drug-likeness (QED) is 0.598. The van der Waals surface area contributed by atoms with Crippen LogP contribution in [0.2, 0.25) is 5.02 Å². The molecule has 0 aromatic heterocycles. The van der Waals surface area contributed by atoms with Crippen LogP contribution < -0.4 is 16.2 Å². The van der Waals surface area contributed by atoms with Crippen LogP contribution in [0.1, 0.15) is 17.2 Å². The van der Waals surface area contributed by atoms with Crippen LogP contribution in [0.5, 0.6) is 0 Å². The maximum Gasteiger partial charge on any atom is 0.243 e. The van der Waals surface area contributed by atoms with Gasteiger partial charge in [0.05, 0.1) is 30.1 Å². The first-order valence-electron chi connectivity index (χ1n) is 10.1. The van der Waals surface area contributed by atoms with Crippen molar-refractivity contribution >= 4 is 27.5 Å². The second kappa shape index (κ2) is 9.64. The van der Waals surface area contributed by atoms with Gasteiger partial charge >= 0.3 is 0 Å². The number of ether oxygens (including phenoxy) is 1. The Bertz CT molecular complexity index is 1010. The number of amides is 1. The van der Waals surface area contributed by atoms with Crippen LogP contribution in [0.4, 0.5) is 0 Å². The lowest BCUT2D eigenvalue weighted by Crippen LogP contribution is -2.40. The molecule has 0 spiro atoms. The molecule has 0 saturated carbocycles. The Hall–Kier alpha value is -2.01. The normalized spacial score (nSPS) is 22.4. The Morgan fingerprint density at radius 3 is 2.45 bits per heavy atom. The summed E-state index contributed by atoms with van der Waals surface area (Å²) >= 11 is 5.96. The van der Waals surface area contributed by atoms with E-state index in [1.807, 2.05) is 12.1 Å². The molecule has 4 rings (SSSR count). The maximum absolute atomic E-state index is 12.8. The molecule has 3 N–H and O–H groups in total. The molecule has 8 nitrogen and oxygen atoms in total. The molecule has 0 bridgehead atoms. The number of morpholine rings is 1. The number of halogens is 1. The van der Waals surface area contributed by atoms with Crippen molar-refractivity contribution in [2.75, 3.05) is 32.8 Å². The van der Waals surface area contributed by atoms with Crippen molar-refractivity contribution in [1.82, 2.24) is 20.5 Å². The van der Waals surface area contributed by atoms with E-state index in [1.165, 1.54) is 4.31 Å². The number of nitrogens with zero attached hydrogens (tertiary/aromatic N) is 1. The van der Waals surface area contributed by atoms with E-state index in [2.05, 4.69) is 16.2 Å². The summed E-state index contributed by atoms with van der Waals surface area (Å²) < 4.78 is 32.1. The molecule has 10 heteroatoms. The summed E-state index contributed by atoms with van der Waals surface area (Å²) in [6.45, 7) is 2.36. The molecule has 2 unspecified atom stereocenters. The fourth-order valence-electron chi connectivity index (χ4n) is 3.76. The van der Waals surface area contributed by atoms with Gasteiger partial charge in [-0.3, -0.25) is 10.2 Å². The molecule has 1 amide bonds. The summed E-state index contributed by atoms with van der Waals surface area (Å²) in [5.74, 6) is -0.357. The van der Waals surface area contributed by atoms with Crippen LogP contribution in [-0.4, -0.2) is 51.5 Å². The highest BCUT2D eigenvalue weighted by Gasteiger charge is 2.33. The molecule has 2 saturated heterocycles. The van der Waals surface area contributed by atoms with Crippen LogP contribution in [0.15, 0.2) is 53.4 Å². The van der Waals surface area contributed by atoms with E-state index in [0.29, 0.717) is 44.4 Å². The summed E-state index contributed by atoms with van der Waals surface area (Å²) in [5.41, 5.74) is 8.00. The third-order valence-electron chi connectivity index (χ3n) is 5.55. The average molecular weight is 465 g/mol. The molecule has 2 atom stereocenters. The van der Waals surface area contributed by atoms with Crippen LogP contribution in [0.25, 0.3) is 0 Å². The molecular formula is C21H25ClN4O4S. The number of carbonyl (C=O) groups excluding carboxylic acids is 1. The number of hydrogen-bond donors (Lipinski definition) is 3. The molecule has 2 aliphatic rings. The van der Waals surface area contributed by atoms with Gasteiger partial charge in [-0.25, -0.2) is 13.8 Å². The van der Waals surface area contributed by atoms with Gasteiger partial charge in [-0.1, -0.05) is 35.9 Å². The summed E-state index contributed by atoms with van der Waals surface area (Å²) in [4.78, 5) is 13.0. The zero-order chi connectivity index (χ0) is 21.8. The lowest BCUT2D eigenvalue weighted by molar-refractivity contribution is -0.125. The molecule has 2 aromatic rings. The van der Waals surface area contributed by atoms with Crippen LogP contribution in [0.3, 0.4) is 0 Å². The number of hydrogen-bond acceptors (Lipinski definition) is 6. The minimum atomic E-state index is -3.52. The number of nitrogens with one attached hydrogen (secondary N) is 3. The van der Waals surface area contributed by atoms with E-state index in [0.717, 1.165) is 11.1 Å². The highest BCUT2D eigenvalue weighted by Crippen LogP contribution is 2.26. The molecule has 0 aliphatic carbocycles. The number of hydrazine groups is 1. The maximum atomic E-state index is 12.8. The molecular weight excluding hydrogens is 440 g/mol. The Labute approximate surface area is 186 Å². The summed E-state index contributed by atoms with van der Waals surface area (Å²) in [6.07, 6.45) is 0. The number of sulfonamides is 1. The molecule has 31 heavy (non-hydrogen) atoms. The Morgan fingerprint density at radius 2 is 1.77 bits per heavy atom. The predicted octanol–water partition coefficient (Wildman–Crippen LogP) is 1.44. The van der Waals surface area contributed by atoms with Gasteiger partial charge in [-0.2, -0.15) is 4.31 Å². The van der Waals surface area contributed by atoms with Gasteiger partial charge in [0, 0.05) is 31.2 Å². The zero-order valence-corrected chi connectivity index (χ0v) is 18.5. The minimum Gasteiger partial charge on any atom is -0.379 e. The van der Waals surface area contributed by atoms with E-state index >= 15 is 0 Å². The van der Waals surface area contributed by atoms with Crippen molar-refractivity contribution in [1.29, 1.82) is 0 Å². The SMILES string of the molecule is O=C(NCc1ccc(S(=O)(=O)N2CCOCC2)cc1)C1CNNC1c1ccc(Cl)cc1. The first-order chi connectivity index (χ1) is 14.9. The van der Waals surface area contributed by atoms with E-state index in [4.69, 9.17) is 16.3 Å². The van der Waals surface area contributed by atoms with E-state index in [-0.39, 0.29) is 22.8 Å². The highest BCUT2D eigenvalue weighted by atomic mass is 35.5. The van der Waals surface area contributed by atoms with Crippen LogP contribution in [0, 0.1) is 5.92 Å². The molecule has 2 aromatic carbocycles. The summed E-state index contributed by atoms with van der Waals surface area (Å²) in [5, 5.41) is 3.60. The monoisotopic (exact) mass is 464 g/mol.